The summed E-state index contributed by atoms with van der Waals surface area (Å²) in [4.78, 5) is 0. The molecule has 0 aromatic heterocycles. The van der Waals surface area contributed by atoms with Crippen LogP contribution in [0.15, 0.2) is 0 Å². The van der Waals surface area contributed by atoms with Crippen LogP contribution >= 0.6 is 0 Å². The van der Waals surface area contributed by atoms with Crippen molar-refractivity contribution in [3.8, 4) is 12.3 Å². The fraction of sp³-hybridized carbons (Fsp3) is 0.833. The maximum atomic E-state index is 5.34. The summed E-state index contributed by atoms with van der Waals surface area (Å²) >= 11 is 0. The summed E-state index contributed by atoms with van der Waals surface area (Å²) in [5.41, 5.74) is 0.318. The van der Waals surface area contributed by atoms with Crippen LogP contribution in [0, 0.1) is 29.6 Å². The van der Waals surface area contributed by atoms with Gasteiger partial charge in [0.25, 0.3) is 0 Å². The highest BCUT2D eigenvalue weighted by atomic mass is 16.5. The molecule has 0 saturated heterocycles. The number of terminal acetylenes is 1. The molecule has 1 heteroatoms. The van der Waals surface area contributed by atoms with E-state index in [0.29, 0.717) is 11.3 Å². The van der Waals surface area contributed by atoms with Gasteiger partial charge in [0.05, 0.1) is 6.61 Å². The third kappa shape index (κ3) is 3.04. The van der Waals surface area contributed by atoms with E-state index in [1.807, 2.05) is 0 Å². The average Bonchev–Trinajstić information content (AvgIpc) is 1.95. The molecule has 13 heavy (non-hydrogen) atoms. The molecule has 0 bridgehead atoms. The van der Waals surface area contributed by atoms with Gasteiger partial charge in [0.15, 0.2) is 0 Å². The second-order valence-electron chi connectivity index (χ2n) is 5.00. The van der Waals surface area contributed by atoms with Gasteiger partial charge in [-0.25, -0.2) is 0 Å². The van der Waals surface area contributed by atoms with Crippen molar-refractivity contribution < 1.29 is 4.74 Å². The van der Waals surface area contributed by atoms with Gasteiger partial charge in [-0.2, -0.15) is 0 Å². The van der Waals surface area contributed by atoms with Gasteiger partial charge in [0.2, 0.25) is 0 Å². The van der Waals surface area contributed by atoms with Gasteiger partial charge >= 0.3 is 0 Å². The van der Waals surface area contributed by atoms with Crippen LogP contribution < -0.4 is 0 Å². The van der Waals surface area contributed by atoms with Gasteiger partial charge < -0.3 is 4.74 Å². The van der Waals surface area contributed by atoms with Gasteiger partial charge in [-0.1, -0.05) is 13.8 Å². The van der Waals surface area contributed by atoms with E-state index in [0.717, 1.165) is 12.5 Å². The molecule has 0 aromatic rings. The monoisotopic (exact) mass is 180 g/mol. The molecule has 1 aliphatic carbocycles. The topological polar surface area (TPSA) is 9.23 Å². The molecule has 0 unspecified atom stereocenters. The lowest BCUT2D eigenvalue weighted by molar-refractivity contribution is 0.0641. The van der Waals surface area contributed by atoms with Gasteiger partial charge in [0.1, 0.15) is 0 Å². The summed E-state index contributed by atoms with van der Waals surface area (Å²) in [6.45, 7) is 5.38. The van der Waals surface area contributed by atoms with Crippen LogP contribution in [0.3, 0.4) is 0 Å². The van der Waals surface area contributed by atoms with Crippen LogP contribution in [0.2, 0.25) is 0 Å². The minimum Gasteiger partial charge on any atom is -0.384 e. The number of hydrogen-bond donors (Lipinski definition) is 0. The van der Waals surface area contributed by atoms with Crippen molar-refractivity contribution in [1.29, 1.82) is 0 Å². The molecule has 1 rings (SSSR count). The Hall–Kier alpha value is -0.480. The third-order valence-electron chi connectivity index (χ3n) is 2.85. The van der Waals surface area contributed by atoms with Crippen molar-refractivity contribution in [1.82, 2.24) is 0 Å². The first-order valence-corrected chi connectivity index (χ1v) is 5.02. The van der Waals surface area contributed by atoms with Gasteiger partial charge in [-0.3, -0.25) is 0 Å². The van der Waals surface area contributed by atoms with Crippen LogP contribution in [0.25, 0.3) is 0 Å². The maximum absolute atomic E-state index is 5.34. The Kier molecular flexibility index (Phi) is 3.39. The second-order valence-corrected chi connectivity index (χ2v) is 5.00. The zero-order valence-corrected chi connectivity index (χ0v) is 8.97. The quantitative estimate of drug-likeness (QED) is 0.604. The summed E-state index contributed by atoms with van der Waals surface area (Å²) in [6, 6.07) is 0. The lowest BCUT2D eigenvalue weighted by Gasteiger charge is -2.37. The van der Waals surface area contributed by atoms with E-state index in [9.17, 15) is 0 Å². The lowest BCUT2D eigenvalue weighted by Crippen LogP contribution is -2.30. The van der Waals surface area contributed by atoms with E-state index >= 15 is 0 Å². The minimum absolute atomic E-state index is 0.318. The van der Waals surface area contributed by atoms with Crippen molar-refractivity contribution in [2.75, 3.05) is 13.7 Å². The predicted octanol–water partition coefficient (Wildman–Crippen LogP) is 2.71. The summed E-state index contributed by atoms with van der Waals surface area (Å²) in [5, 5.41) is 0. The normalized spacial score (nSPS) is 27.8. The number of ether oxygens (including phenoxy) is 1. The summed E-state index contributed by atoms with van der Waals surface area (Å²) in [5.74, 6) is 4.22. The first kappa shape index (κ1) is 10.6. The van der Waals surface area contributed by atoms with E-state index in [4.69, 9.17) is 11.2 Å². The van der Waals surface area contributed by atoms with E-state index in [1.54, 1.807) is 7.11 Å². The molecule has 1 nitrogen and oxygen atoms in total. The highest BCUT2D eigenvalue weighted by Gasteiger charge is 2.32. The fourth-order valence-corrected chi connectivity index (χ4v) is 2.27. The molecule has 0 aromatic carbocycles. The smallest absolute Gasteiger partial charge is 0.0513 e. The molecule has 0 spiro atoms. The molecular formula is C12H20O. The van der Waals surface area contributed by atoms with Gasteiger partial charge in [0, 0.05) is 13.0 Å². The minimum atomic E-state index is 0.318. The van der Waals surface area contributed by atoms with Crippen molar-refractivity contribution in [3.63, 3.8) is 0 Å². The molecular weight excluding hydrogens is 160 g/mol. The second kappa shape index (κ2) is 4.15. The number of hydrogen-bond acceptors (Lipinski definition) is 1. The maximum Gasteiger partial charge on any atom is 0.0513 e. The van der Waals surface area contributed by atoms with E-state index < -0.39 is 0 Å². The SMILES string of the molecule is C#CC1CC(CC(C)(C)COC)C1. The van der Waals surface area contributed by atoms with Gasteiger partial charge in [-0.05, 0) is 30.6 Å². The Labute approximate surface area is 81.9 Å². The largest absolute Gasteiger partial charge is 0.384 e. The first-order valence-electron chi connectivity index (χ1n) is 5.02. The zero-order valence-electron chi connectivity index (χ0n) is 8.97. The molecule has 0 N–H and O–H groups in total. The molecule has 0 atom stereocenters. The fourth-order valence-electron chi connectivity index (χ4n) is 2.27. The van der Waals surface area contributed by atoms with Crippen LogP contribution in [0.1, 0.15) is 33.1 Å². The third-order valence-corrected chi connectivity index (χ3v) is 2.85. The summed E-state index contributed by atoms with van der Waals surface area (Å²) in [6.07, 6.45) is 9.04. The molecule has 1 aliphatic rings. The zero-order chi connectivity index (χ0) is 9.90. The number of methoxy groups -OCH3 is 1. The standard InChI is InChI=1S/C12H20O/c1-5-10-6-11(7-10)8-12(2,3)9-13-4/h1,10-11H,6-9H2,2-4H3. The predicted molar refractivity (Wildman–Crippen MR) is 55.3 cm³/mol. The van der Waals surface area contributed by atoms with Crippen molar-refractivity contribution in [3.05, 3.63) is 0 Å². The van der Waals surface area contributed by atoms with Crippen molar-refractivity contribution in [2.24, 2.45) is 17.3 Å². The highest BCUT2D eigenvalue weighted by molar-refractivity contribution is 5.01. The first-order chi connectivity index (χ1) is 6.07. The van der Waals surface area contributed by atoms with Crippen molar-refractivity contribution >= 4 is 0 Å². The van der Waals surface area contributed by atoms with E-state index in [1.165, 1.54) is 19.3 Å². The molecule has 74 valence electrons. The average molecular weight is 180 g/mol. The Bertz CT molecular complexity index is 194. The van der Waals surface area contributed by atoms with Crippen LogP contribution in [-0.2, 0) is 4.74 Å². The Morgan fingerprint density at radius 2 is 2.08 bits per heavy atom. The molecule has 1 fully saturated rings. The van der Waals surface area contributed by atoms with E-state index in [2.05, 4.69) is 19.8 Å². The lowest BCUT2D eigenvalue weighted by atomic mass is 9.68. The van der Waals surface area contributed by atoms with E-state index in [-0.39, 0.29) is 0 Å². The Morgan fingerprint density at radius 1 is 1.46 bits per heavy atom. The molecule has 0 amide bonds. The molecule has 0 aliphatic heterocycles. The molecule has 0 heterocycles. The summed E-state index contributed by atoms with van der Waals surface area (Å²) < 4.78 is 5.19. The Morgan fingerprint density at radius 3 is 2.54 bits per heavy atom. The molecule has 0 radical (unpaired) electrons. The van der Waals surface area contributed by atoms with Crippen molar-refractivity contribution in [2.45, 2.75) is 33.1 Å². The molecule has 1 saturated carbocycles. The van der Waals surface area contributed by atoms with Crippen LogP contribution in [0.4, 0.5) is 0 Å². The van der Waals surface area contributed by atoms with Gasteiger partial charge in [-0.15, -0.1) is 12.3 Å². The summed E-state index contributed by atoms with van der Waals surface area (Å²) in [7, 11) is 1.77. The van der Waals surface area contributed by atoms with Crippen LogP contribution in [0.5, 0.6) is 0 Å². The van der Waals surface area contributed by atoms with Crippen LogP contribution in [-0.4, -0.2) is 13.7 Å². The highest BCUT2D eigenvalue weighted by Crippen LogP contribution is 2.40. The Balaban J connectivity index is 2.23. The number of rotatable bonds is 4.